The average Bonchev–Trinajstić information content (AvgIpc) is 2.66. The van der Waals surface area contributed by atoms with Crippen molar-refractivity contribution >= 4 is 26.7 Å². The number of anilines is 1. The zero-order valence-electron chi connectivity index (χ0n) is 16.6. The van der Waals surface area contributed by atoms with E-state index in [1.165, 1.54) is 0 Å². The highest BCUT2D eigenvalue weighted by atomic mass is 32.2. The minimum Gasteiger partial charge on any atom is -0.259 e. The number of aromatic amines is 1. The van der Waals surface area contributed by atoms with Crippen LogP contribution in [0.1, 0.15) is 16.7 Å². The fraction of sp³-hybridized carbons (Fsp3) is 0.318. The number of H-pyrrole nitrogens is 1. The Morgan fingerprint density at radius 2 is 1.50 bits per heavy atom. The van der Waals surface area contributed by atoms with Gasteiger partial charge in [0.1, 0.15) is 5.52 Å². The molecule has 0 unspecified atom stereocenters. The summed E-state index contributed by atoms with van der Waals surface area (Å²) in [7, 11) is -3.48. The van der Waals surface area contributed by atoms with Crippen LogP contribution in [0.2, 0.25) is 0 Å². The van der Waals surface area contributed by atoms with Gasteiger partial charge in [0.05, 0.1) is 31.1 Å². The summed E-state index contributed by atoms with van der Waals surface area (Å²) in [5.41, 5.74) is 3.82. The third kappa shape index (κ3) is 3.38. The van der Waals surface area contributed by atoms with E-state index in [4.69, 9.17) is 0 Å². The van der Waals surface area contributed by atoms with Gasteiger partial charge < -0.3 is 0 Å². The van der Waals surface area contributed by atoms with E-state index in [0.29, 0.717) is 31.1 Å². The normalized spacial score (nSPS) is 15.9. The average molecular weight is 397 g/mol. The highest BCUT2D eigenvalue weighted by Gasteiger charge is 2.33. The molecule has 5 nitrogen and oxygen atoms in total. The van der Waals surface area contributed by atoms with Crippen LogP contribution in [0.4, 0.5) is 5.82 Å². The number of hydrogen-bond donors (Lipinski definition) is 0. The molecular formula is C22H26N3O2S+. The SMILES string of the molecule is Cc1cc(C)c(S(=O)(=O)N2CCN(c3ccc4ccccc4[nH+]3)CC2)c(C)c1. The molecule has 1 aliphatic rings. The Kier molecular flexibility index (Phi) is 4.85. The maximum atomic E-state index is 13.3. The van der Waals surface area contributed by atoms with Gasteiger partial charge in [0, 0.05) is 11.5 Å². The third-order valence-corrected chi connectivity index (χ3v) is 7.63. The molecule has 6 heteroatoms. The molecule has 0 saturated carbocycles. The van der Waals surface area contributed by atoms with Crippen molar-refractivity contribution in [2.75, 3.05) is 31.1 Å². The van der Waals surface area contributed by atoms with E-state index in [1.807, 2.05) is 45.0 Å². The number of hydrogen-bond acceptors (Lipinski definition) is 3. The van der Waals surface area contributed by atoms with Crippen LogP contribution in [-0.4, -0.2) is 38.9 Å². The van der Waals surface area contributed by atoms with E-state index >= 15 is 0 Å². The van der Waals surface area contributed by atoms with Crippen LogP contribution in [0.25, 0.3) is 10.9 Å². The Labute approximate surface area is 166 Å². The molecule has 0 amide bonds. The van der Waals surface area contributed by atoms with Crippen LogP contribution in [0.3, 0.4) is 0 Å². The second kappa shape index (κ2) is 7.18. The van der Waals surface area contributed by atoms with Gasteiger partial charge in [-0.05, 0) is 44.0 Å². The predicted octanol–water partition coefficient (Wildman–Crippen LogP) is 3.09. The quantitative estimate of drug-likeness (QED) is 0.684. The molecule has 1 aliphatic heterocycles. The zero-order chi connectivity index (χ0) is 19.9. The number of rotatable bonds is 3. The van der Waals surface area contributed by atoms with Crippen molar-refractivity contribution in [1.29, 1.82) is 0 Å². The van der Waals surface area contributed by atoms with E-state index in [0.717, 1.165) is 33.4 Å². The molecule has 3 aromatic rings. The monoisotopic (exact) mass is 396 g/mol. The summed E-state index contributed by atoms with van der Waals surface area (Å²) in [4.78, 5) is 6.14. The summed E-state index contributed by atoms with van der Waals surface area (Å²) in [6, 6.07) is 16.2. The lowest BCUT2D eigenvalue weighted by molar-refractivity contribution is -0.330. The molecule has 1 aromatic heterocycles. The zero-order valence-corrected chi connectivity index (χ0v) is 17.4. The van der Waals surface area contributed by atoms with Crippen LogP contribution in [-0.2, 0) is 10.0 Å². The molecule has 0 atom stereocenters. The van der Waals surface area contributed by atoms with Gasteiger partial charge in [0.15, 0.2) is 0 Å². The van der Waals surface area contributed by atoms with Crippen molar-refractivity contribution < 1.29 is 13.4 Å². The molecule has 2 aromatic carbocycles. The van der Waals surface area contributed by atoms with E-state index < -0.39 is 10.0 Å². The number of pyridine rings is 1. The molecule has 2 heterocycles. The molecule has 146 valence electrons. The smallest absolute Gasteiger partial charge is 0.259 e. The minimum atomic E-state index is -3.48. The number of sulfonamides is 1. The van der Waals surface area contributed by atoms with Gasteiger partial charge in [-0.1, -0.05) is 35.9 Å². The molecule has 1 saturated heterocycles. The molecule has 0 aliphatic carbocycles. The van der Waals surface area contributed by atoms with Crippen LogP contribution in [0.15, 0.2) is 53.4 Å². The first kappa shape index (κ1) is 18.9. The van der Waals surface area contributed by atoms with E-state index in [9.17, 15) is 8.42 Å². The highest BCUT2D eigenvalue weighted by Crippen LogP contribution is 2.26. The lowest BCUT2D eigenvalue weighted by Crippen LogP contribution is -2.50. The van der Waals surface area contributed by atoms with Crippen LogP contribution in [0.5, 0.6) is 0 Å². The van der Waals surface area contributed by atoms with E-state index in [-0.39, 0.29) is 0 Å². The topological polar surface area (TPSA) is 54.8 Å². The lowest BCUT2D eigenvalue weighted by Gasteiger charge is -2.31. The van der Waals surface area contributed by atoms with Crippen molar-refractivity contribution in [2.45, 2.75) is 25.7 Å². The summed E-state index contributed by atoms with van der Waals surface area (Å²) < 4.78 is 28.1. The van der Waals surface area contributed by atoms with E-state index in [1.54, 1.807) is 4.31 Å². The van der Waals surface area contributed by atoms with Crippen molar-refractivity contribution in [3.63, 3.8) is 0 Å². The highest BCUT2D eigenvalue weighted by molar-refractivity contribution is 7.89. The second-order valence-corrected chi connectivity index (χ2v) is 9.42. The molecule has 0 radical (unpaired) electrons. The molecule has 28 heavy (non-hydrogen) atoms. The van der Waals surface area contributed by atoms with Crippen molar-refractivity contribution in [1.82, 2.24) is 4.31 Å². The molecular weight excluding hydrogens is 370 g/mol. The lowest BCUT2D eigenvalue weighted by atomic mass is 10.1. The number of nitrogens with zero attached hydrogens (tertiary/aromatic N) is 2. The first-order chi connectivity index (χ1) is 13.4. The van der Waals surface area contributed by atoms with Gasteiger partial charge in [-0.2, -0.15) is 4.31 Å². The van der Waals surface area contributed by atoms with Gasteiger partial charge in [-0.15, -0.1) is 0 Å². The molecule has 0 bridgehead atoms. The van der Waals surface area contributed by atoms with Gasteiger partial charge in [0.25, 0.3) is 5.82 Å². The molecule has 1 fully saturated rings. The Bertz CT molecular complexity index is 1110. The van der Waals surface area contributed by atoms with Gasteiger partial charge in [-0.3, -0.25) is 4.90 Å². The number of benzene rings is 2. The molecule has 4 rings (SSSR count). The number of nitrogens with one attached hydrogen (secondary N) is 1. The Hall–Kier alpha value is -2.44. The summed E-state index contributed by atoms with van der Waals surface area (Å²) >= 11 is 0. The second-order valence-electron chi connectivity index (χ2n) is 7.55. The number of fused-ring (bicyclic) bond motifs is 1. The predicted molar refractivity (Wildman–Crippen MR) is 112 cm³/mol. The Morgan fingerprint density at radius 3 is 2.18 bits per heavy atom. The molecule has 0 spiro atoms. The number of para-hydroxylation sites is 1. The summed E-state index contributed by atoms with van der Waals surface area (Å²) in [6.07, 6.45) is 0. The minimum absolute atomic E-state index is 0.462. The largest absolute Gasteiger partial charge is 0.274 e. The fourth-order valence-electron chi connectivity index (χ4n) is 4.16. The summed E-state index contributed by atoms with van der Waals surface area (Å²) in [5.74, 6) is 1.03. The molecule has 1 N–H and O–H groups in total. The summed E-state index contributed by atoms with van der Waals surface area (Å²) in [5, 5.41) is 1.16. The van der Waals surface area contributed by atoms with Crippen molar-refractivity contribution in [3.05, 3.63) is 65.2 Å². The number of piperazine rings is 1. The maximum absolute atomic E-state index is 13.3. The summed E-state index contributed by atoms with van der Waals surface area (Å²) in [6.45, 7) is 8.05. The first-order valence-electron chi connectivity index (χ1n) is 9.60. The first-order valence-corrected chi connectivity index (χ1v) is 11.0. The van der Waals surface area contributed by atoms with Gasteiger partial charge in [-0.25, -0.2) is 13.4 Å². The van der Waals surface area contributed by atoms with Crippen LogP contribution >= 0.6 is 0 Å². The van der Waals surface area contributed by atoms with Crippen molar-refractivity contribution in [3.8, 4) is 0 Å². The third-order valence-electron chi connectivity index (χ3n) is 5.43. The number of aromatic nitrogens is 1. The Morgan fingerprint density at radius 1 is 0.857 bits per heavy atom. The van der Waals surface area contributed by atoms with Crippen molar-refractivity contribution in [2.24, 2.45) is 0 Å². The van der Waals surface area contributed by atoms with Gasteiger partial charge >= 0.3 is 0 Å². The maximum Gasteiger partial charge on any atom is 0.274 e. The van der Waals surface area contributed by atoms with Crippen LogP contribution < -0.4 is 9.88 Å². The number of aryl methyl sites for hydroxylation is 3. The van der Waals surface area contributed by atoms with Gasteiger partial charge in [0.2, 0.25) is 10.0 Å². The standard InChI is InChI=1S/C22H25N3O2S/c1-16-14-17(2)22(18(3)15-16)28(26,27)25-12-10-24(11-13-25)21-9-8-19-6-4-5-7-20(19)23-21/h4-9,14-15H,10-13H2,1-3H3/p+1. The fourth-order valence-corrected chi connectivity index (χ4v) is 5.99. The Balaban J connectivity index is 1.55. The van der Waals surface area contributed by atoms with Crippen LogP contribution in [0, 0.1) is 20.8 Å². The van der Waals surface area contributed by atoms with E-state index in [2.05, 4.69) is 34.1 Å².